The summed E-state index contributed by atoms with van der Waals surface area (Å²) in [5.41, 5.74) is 0. The minimum Gasteiger partial charge on any atom is -0.652 e. The van der Waals surface area contributed by atoms with Gasteiger partial charge in [0.25, 0.3) is 0 Å². The van der Waals surface area contributed by atoms with Crippen LogP contribution >= 0.6 is 0 Å². The smallest absolute Gasteiger partial charge is 0.652 e. The zero-order valence-corrected chi connectivity index (χ0v) is 6.93. The molecule has 0 saturated heterocycles. The molecule has 0 aliphatic carbocycles. The van der Waals surface area contributed by atoms with Gasteiger partial charge in [0.15, 0.2) is 0 Å². The van der Waals surface area contributed by atoms with E-state index in [1.165, 1.54) is 0 Å². The van der Waals surface area contributed by atoms with E-state index in [4.69, 9.17) is 15.0 Å². The van der Waals surface area contributed by atoms with E-state index >= 15 is 0 Å². The number of carbonyl (C=O) groups excluding carboxylic acids is 1. The molecule has 4 N–H and O–H groups in total. The monoisotopic (exact) mass is 231 g/mol. The average molecular weight is 233 g/mol. The van der Waals surface area contributed by atoms with Crippen LogP contribution in [0.2, 0.25) is 0 Å². The zero-order valence-electron chi connectivity index (χ0n) is 3.53. The van der Waals surface area contributed by atoms with Gasteiger partial charge in [0.1, 0.15) is 0 Å². The van der Waals surface area contributed by atoms with E-state index < -0.39 is 6.16 Å². The van der Waals surface area contributed by atoms with Crippen LogP contribution in [0.25, 0.3) is 0 Å². The molecule has 7 heavy (non-hydrogen) atoms. The van der Waals surface area contributed by atoms with Crippen molar-refractivity contribution in [3.8, 4) is 0 Å². The molecule has 0 radical (unpaired) electrons. The van der Waals surface area contributed by atoms with Crippen LogP contribution < -0.4 is 16.4 Å². The van der Waals surface area contributed by atoms with Crippen molar-refractivity contribution in [2.75, 3.05) is 0 Å². The van der Waals surface area contributed by atoms with Crippen LogP contribution in [-0.2, 0) is 43.3 Å². The maximum Gasteiger partial charge on any atom is 2.00 e. The van der Waals surface area contributed by atoms with Gasteiger partial charge in [-0.15, -0.1) is 0 Å². The average Bonchev–Trinajstić information content (AvgIpc) is 0.811. The quantitative estimate of drug-likeness (QED) is 0.486. The molecule has 0 fully saturated rings. The van der Waals surface area contributed by atoms with Crippen LogP contribution in [-0.4, -0.2) is 6.16 Å². The summed E-state index contributed by atoms with van der Waals surface area (Å²) >= 11 is 0. The van der Waals surface area contributed by atoms with Crippen LogP contribution in [0.4, 0.5) is 4.79 Å². The summed E-state index contributed by atoms with van der Waals surface area (Å²) in [4.78, 5) is 8.33. The molecule has 0 saturated carbocycles. The minimum absolute atomic E-state index is 0. The molecule has 0 amide bonds. The van der Waals surface area contributed by atoms with Crippen LogP contribution in [0.5, 0.6) is 0 Å². The van der Waals surface area contributed by atoms with Crippen molar-refractivity contribution in [3.05, 3.63) is 0 Å². The predicted octanol–water partition coefficient (Wildman–Crippen LogP) is -2.08. The summed E-state index contributed by atoms with van der Waals surface area (Å²) in [6.45, 7) is 0. The fraction of sp³-hybridized carbons (Fsp3) is 0. The van der Waals surface area contributed by atoms with Gasteiger partial charge in [-0.3, -0.25) is 0 Å². The third-order valence-corrected chi connectivity index (χ3v) is 0. The van der Waals surface area contributed by atoms with Gasteiger partial charge in [-0.2, -0.15) is 0 Å². The molecule has 44 valence electrons. The summed E-state index contributed by atoms with van der Waals surface area (Å²) in [7, 11) is 0. The first-order valence-electron chi connectivity index (χ1n) is 0.612. The van der Waals surface area contributed by atoms with Crippen LogP contribution in [0.1, 0.15) is 0 Å². The van der Waals surface area contributed by atoms with Crippen molar-refractivity contribution < 1.29 is 58.3 Å². The molecule has 0 unspecified atom stereocenters. The summed E-state index contributed by atoms with van der Waals surface area (Å²) < 4.78 is 0. The second-order valence-corrected chi connectivity index (χ2v) is 0.250. The zero-order chi connectivity index (χ0) is 3.58. The Bertz CT molecular complexity index is 37.9. The van der Waals surface area contributed by atoms with Gasteiger partial charge in [0, 0.05) is 0 Å². The number of hydrogen-bond acceptors (Lipinski definition) is 3. The van der Waals surface area contributed by atoms with Gasteiger partial charge in [-0.1, -0.05) is 0 Å². The maximum absolute atomic E-state index is 8.33. The Morgan fingerprint density at radius 3 is 1.29 bits per heavy atom. The van der Waals surface area contributed by atoms with Gasteiger partial charge < -0.3 is 21.2 Å². The fourth-order valence-corrected chi connectivity index (χ4v) is 0. The predicted molar refractivity (Wildman–Crippen MR) is 11.4 cm³/mol. The molecule has 0 heterocycles. The van der Waals surface area contributed by atoms with Crippen molar-refractivity contribution in [3.63, 3.8) is 0 Å². The standard InChI is InChI=1S/CH2O3.Cu.H3N.Zr/c2-1(3)4;;;/h(H2,2,3,4);;1H3;/q;+1;;+2/p-1. The van der Waals surface area contributed by atoms with E-state index in [0.717, 1.165) is 0 Å². The van der Waals surface area contributed by atoms with Crippen LogP contribution in [0, 0.1) is 0 Å². The van der Waals surface area contributed by atoms with Crippen LogP contribution in [0.3, 0.4) is 0 Å². The molecule has 0 aromatic carbocycles. The van der Waals surface area contributed by atoms with E-state index in [1.54, 1.807) is 0 Å². The molecular weight excluding hydrogens is 229 g/mol. The van der Waals surface area contributed by atoms with Crippen molar-refractivity contribution in [2.45, 2.75) is 0 Å². The van der Waals surface area contributed by atoms with Gasteiger partial charge in [-0.05, 0) is 6.16 Å². The van der Waals surface area contributed by atoms with Gasteiger partial charge in [0.05, 0.1) is 0 Å². The Morgan fingerprint density at radius 2 is 1.29 bits per heavy atom. The molecule has 0 aromatic heterocycles. The molecule has 0 rings (SSSR count). The topological polar surface area (TPSA) is 99.7 Å². The second-order valence-electron chi connectivity index (χ2n) is 0.250. The number of rotatable bonds is 0. The largest absolute Gasteiger partial charge is 2.00 e. The normalized spacial score (nSPS) is 3.43. The van der Waals surface area contributed by atoms with Gasteiger partial charge in [-0.25, -0.2) is 0 Å². The van der Waals surface area contributed by atoms with E-state index in [1.807, 2.05) is 0 Å². The summed E-state index contributed by atoms with van der Waals surface area (Å²) in [6.07, 6.45) is -2.33. The van der Waals surface area contributed by atoms with Gasteiger partial charge >= 0.3 is 43.3 Å². The number of hydrogen-bond donors (Lipinski definition) is 1. The minimum atomic E-state index is -2.33. The summed E-state index contributed by atoms with van der Waals surface area (Å²) in [6, 6.07) is 0. The third-order valence-electron chi connectivity index (χ3n) is 0. The molecule has 0 aromatic rings. The van der Waals surface area contributed by atoms with E-state index in [0.29, 0.717) is 0 Å². The Hall–Kier alpha value is 0.633. The number of carboxylic acid groups (broad SMARTS) is 2. The first-order valence-corrected chi connectivity index (χ1v) is 0.612. The summed E-state index contributed by atoms with van der Waals surface area (Å²) in [5.74, 6) is 0. The first kappa shape index (κ1) is 25.4. The van der Waals surface area contributed by atoms with Crippen molar-refractivity contribution >= 4 is 6.16 Å². The summed E-state index contributed by atoms with van der Waals surface area (Å²) in [5, 5.41) is 16.7. The van der Waals surface area contributed by atoms with Crippen molar-refractivity contribution in [2.24, 2.45) is 0 Å². The molecule has 0 bridgehead atoms. The van der Waals surface area contributed by atoms with E-state index in [2.05, 4.69) is 0 Å². The van der Waals surface area contributed by atoms with Gasteiger partial charge in [0.2, 0.25) is 0 Å². The SMILES string of the molecule is O=C([O-])[O-].[Cu+].[NH4+].[Zr+2]. The molecule has 6 heteroatoms. The molecular formula is CH4CuNO3Zr+2. The number of carbonyl (C=O) groups is 1. The maximum atomic E-state index is 8.33. The van der Waals surface area contributed by atoms with Crippen molar-refractivity contribution in [1.29, 1.82) is 0 Å². The fourth-order valence-electron chi connectivity index (χ4n) is 0. The Labute approximate surface area is 70.5 Å². The third kappa shape index (κ3) is 356. The number of quaternary nitrogens is 1. The van der Waals surface area contributed by atoms with Crippen LogP contribution in [0.15, 0.2) is 0 Å². The molecule has 0 aliphatic rings. The second kappa shape index (κ2) is 15.9. The first-order chi connectivity index (χ1) is 1.73. The Morgan fingerprint density at radius 1 is 1.29 bits per heavy atom. The Balaban J connectivity index is -0.0000000150. The molecule has 0 aliphatic heterocycles. The Kier molecular flexibility index (Phi) is 58.0. The van der Waals surface area contributed by atoms with Crippen molar-refractivity contribution in [1.82, 2.24) is 6.15 Å². The van der Waals surface area contributed by atoms with E-state index in [-0.39, 0.29) is 49.4 Å². The molecule has 0 spiro atoms. The van der Waals surface area contributed by atoms with E-state index in [9.17, 15) is 0 Å². The molecule has 0 atom stereocenters. The molecule has 4 nitrogen and oxygen atoms in total.